The quantitative estimate of drug-likeness (QED) is 0.757. The van der Waals surface area contributed by atoms with Gasteiger partial charge in [-0.2, -0.15) is 0 Å². The Morgan fingerprint density at radius 2 is 1.46 bits per heavy atom. The molecule has 4 rings (SSSR count). The fourth-order valence-electron chi connectivity index (χ4n) is 3.16. The number of amides is 1. The van der Waals surface area contributed by atoms with Crippen molar-refractivity contribution in [2.75, 3.05) is 41.3 Å². The van der Waals surface area contributed by atoms with Crippen LogP contribution in [0.3, 0.4) is 0 Å². The first-order valence-corrected chi connectivity index (χ1v) is 9.13. The molecule has 1 saturated heterocycles. The number of nitrogens with zero attached hydrogens (tertiary/aromatic N) is 4. The van der Waals surface area contributed by atoms with Crippen LogP contribution in [0.15, 0.2) is 67.0 Å². The fourth-order valence-corrected chi connectivity index (χ4v) is 3.16. The molecule has 28 heavy (non-hydrogen) atoms. The van der Waals surface area contributed by atoms with Crippen LogP contribution in [0.4, 0.5) is 21.7 Å². The number of piperazine rings is 1. The van der Waals surface area contributed by atoms with Crippen molar-refractivity contribution in [2.24, 2.45) is 0 Å². The molecule has 1 N–H and O–H groups in total. The number of para-hydroxylation sites is 2. The fraction of sp³-hybridized carbons (Fsp3) is 0.190. The normalized spacial score (nSPS) is 14.0. The van der Waals surface area contributed by atoms with Crippen LogP contribution in [0.25, 0.3) is 0 Å². The van der Waals surface area contributed by atoms with Crippen LogP contribution in [0.5, 0.6) is 0 Å². The number of aromatic nitrogens is 2. The van der Waals surface area contributed by atoms with Gasteiger partial charge in [0, 0.05) is 44.3 Å². The molecule has 0 aliphatic carbocycles. The Bertz CT molecular complexity index is 941. The molecular formula is C21H20FN5O. The van der Waals surface area contributed by atoms with Gasteiger partial charge in [-0.1, -0.05) is 30.3 Å². The molecule has 0 radical (unpaired) electrons. The summed E-state index contributed by atoms with van der Waals surface area (Å²) in [5.74, 6) is -0.328. The summed E-state index contributed by atoms with van der Waals surface area (Å²) < 4.78 is 13.7. The molecule has 0 bridgehead atoms. The molecule has 1 amide bonds. The molecule has 7 heteroatoms. The van der Waals surface area contributed by atoms with E-state index in [0.717, 1.165) is 26.2 Å². The van der Waals surface area contributed by atoms with Crippen molar-refractivity contribution in [1.29, 1.82) is 0 Å². The largest absolute Gasteiger partial charge is 0.368 e. The summed E-state index contributed by atoms with van der Waals surface area (Å²) in [6.07, 6.45) is 2.95. The molecule has 1 aliphatic heterocycles. The molecular weight excluding hydrogens is 357 g/mol. The van der Waals surface area contributed by atoms with Gasteiger partial charge in [0.2, 0.25) is 5.95 Å². The number of nitrogens with one attached hydrogen (secondary N) is 1. The molecule has 2 heterocycles. The van der Waals surface area contributed by atoms with E-state index in [0.29, 0.717) is 5.95 Å². The van der Waals surface area contributed by atoms with Crippen LogP contribution in [0.1, 0.15) is 10.4 Å². The van der Waals surface area contributed by atoms with Crippen LogP contribution >= 0.6 is 0 Å². The minimum atomic E-state index is -0.482. The molecule has 2 aromatic carbocycles. The zero-order valence-corrected chi connectivity index (χ0v) is 15.3. The van der Waals surface area contributed by atoms with Gasteiger partial charge in [-0.05, 0) is 24.3 Å². The SMILES string of the molecule is O=C(Nc1ccccc1F)c1cnc(N2CCN(c3ccccc3)CC2)nc1. The average Bonchev–Trinajstić information content (AvgIpc) is 2.76. The standard InChI is InChI=1S/C21H20FN5O/c22-18-8-4-5-9-19(18)25-20(28)16-14-23-21(24-15-16)27-12-10-26(11-13-27)17-6-2-1-3-7-17/h1-9,14-15H,10-13H2,(H,25,28). The van der Waals surface area contributed by atoms with Gasteiger partial charge in [-0.3, -0.25) is 4.79 Å². The van der Waals surface area contributed by atoms with Crippen molar-refractivity contribution in [3.63, 3.8) is 0 Å². The molecule has 1 fully saturated rings. The van der Waals surface area contributed by atoms with Crippen molar-refractivity contribution < 1.29 is 9.18 Å². The molecule has 0 atom stereocenters. The minimum Gasteiger partial charge on any atom is -0.368 e. The van der Waals surface area contributed by atoms with E-state index in [4.69, 9.17) is 0 Å². The molecule has 0 saturated carbocycles. The number of anilines is 3. The Labute approximate surface area is 162 Å². The Balaban J connectivity index is 1.37. The topological polar surface area (TPSA) is 61.4 Å². The van der Waals surface area contributed by atoms with Gasteiger partial charge in [-0.15, -0.1) is 0 Å². The van der Waals surface area contributed by atoms with E-state index in [1.807, 2.05) is 18.2 Å². The molecule has 0 unspecified atom stereocenters. The predicted octanol–water partition coefficient (Wildman–Crippen LogP) is 3.19. The second-order valence-electron chi connectivity index (χ2n) is 6.52. The maximum absolute atomic E-state index is 13.7. The van der Waals surface area contributed by atoms with Gasteiger partial charge in [0.05, 0.1) is 11.3 Å². The number of carbonyl (C=O) groups excluding carboxylic acids is 1. The van der Waals surface area contributed by atoms with Gasteiger partial charge in [0.25, 0.3) is 5.91 Å². The van der Waals surface area contributed by atoms with Crippen LogP contribution in [-0.4, -0.2) is 42.1 Å². The molecule has 0 spiro atoms. The van der Waals surface area contributed by atoms with E-state index in [-0.39, 0.29) is 11.3 Å². The Morgan fingerprint density at radius 1 is 0.857 bits per heavy atom. The highest BCUT2D eigenvalue weighted by Crippen LogP contribution is 2.18. The van der Waals surface area contributed by atoms with Crippen molar-refractivity contribution in [2.45, 2.75) is 0 Å². The summed E-state index contributed by atoms with van der Waals surface area (Å²) in [4.78, 5) is 25.4. The number of rotatable bonds is 4. The Kier molecular flexibility index (Phi) is 5.14. The van der Waals surface area contributed by atoms with Crippen LogP contribution in [0, 0.1) is 5.82 Å². The van der Waals surface area contributed by atoms with Gasteiger partial charge >= 0.3 is 0 Å². The van der Waals surface area contributed by atoms with Crippen molar-refractivity contribution in [3.05, 3.63) is 78.4 Å². The lowest BCUT2D eigenvalue weighted by atomic mass is 10.2. The van der Waals surface area contributed by atoms with E-state index in [1.54, 1.807) is 12.1 Å². The highest BCUT2D eigenvalue weighted by atomic mass is 19.1. The molecule has 1 aromatic heterocycles. The zero-order valence-electron chi connectivity index (χ0n) is 15.3. The summed E-state index contributed by atoms with van der Waals surface area (Å²) in [5, 5.41) is 2.54. The Hall–Kier alpha value is -3.48. The summed E-state index contributed by atoms with van der Waals surface area (Å²) in [6.45, 7) is 3.36. The van der Waals surface area contributed by atoms with Crippen LogP contribution in [-0.2, 0) is 0 Å². The lowest BCUT2D eigenvalue weighted by molar-refractivity contribution is 0.102. The summed E-state index contributed by atoms with van der Waals surface area (Å²) in [5.41, 5.74) is 1.63. The maximum Gasteiger partial charge on any atom is 0.258 e. The number of halogens is 1. The molecule has 3 aromatic rings. The van der Waals surface area contributed by atoms with Crippen molar-refractivity contribution >= 4 is 23.2 Å². The molecule has 142 valence electrons. The van der Waals surface area contributed by atoms with Crippen LogP contribution < -0.4 is 15.1 Å². The second kappa shape index (κ2) is 8.04. The highest BCUT2D eigenvalue weighted by Gasteiger charge is 2.19. The van der Waals surface area contributed by atoms with E-state index >= 15 is 0 Å². The third-order valence-electron chi connectivity index (χ3n) is 4.71. The minimum absolute atomic E-state index is 0.133. The predicted molar refractivity (Wildman–Crippen MR) is 107 cm³/mol. The number of benzene rings is 2. The summed E-state index contributed by atoms with van der Waals surface area (Å²) in [6, 6.07) is 16.3. The smallest absolute Gasteiger partial charge is 0.258 e. The van der Waals surface area contributed by atoms with E-state index in [9.17, 15) is 9.18 Å². The first kappa shape index (κ1) is 17.9. The first-order valence-electron chi connectivity index (χ1n) is 9.13. The van der Waals surface area contributed by atoms with E-state index in [1.165, 1.54) is 30.2 Å². The number of hydrogen-bond acceptors (Lipinski definition) is 5. The van der Waals surface area contributed by atoms with Gasteiger partial charge < -0.3 is 15.1 Å². The lowest BCUT2D eigenvalue weighted by Crippen LogP contribution is -2.47. The Morgan fingerprint density at radius 3 is 2.14 bits per heavy atom. The number of hydrogen-bond donors (Lipinski definition) is 1. The monoisotopic (exact) mass is 377 g/mol. The lowest BCUT2D eigenvalue weighted by Gasteiger charge is -2.36. The second-order valence-corrected chi connectivity index (χ2v) is 6.52. The van der Waals surface area contributed by atoms with Crippen molar-refractivity contribution in [3.8, 4) is 0 Å². The van der Waals surface area contributed by atoms with Gasteiger partial charge in [-0.25, -0.2) is 14.4 Å². The average molecular weight is 377 g/mol. The number of carbonyl (C=O) groups is 1. The molecule has 6 nitrogen and oxygen atoms in total. The van der Waals surface area contributed by atoms with Crippen LogP contribution in [0.2, 0.25) is 0 Å². The zero-order chi connectivity index (χ0) is 19.3. The first-order chi connectivity index (χ1) is 13.7. The maximum atomic E-state index is 13.7. The van der Waals surface area contributed by atoms with E-state index < -0.39 is 11.7 Å². The van der Waals surface area contributed by atoms with Crippen molar-refractivity contribution in [1.82, 2.24) is 9.97 Å². The third kappa shape index (κ3) is 3.93. The summed E-state index contributed by atoms with van der Waals surface area (Å²) in [7, 11) is 0. The summed E-state index contributed by atoms with van der Waals surface area (Å²) >= 11 is 0. The third-order valence-corrected chi connectivity index (χ3v) is 4.71. The van der Waals surface area contributed by atoms with E-state index in [2.05, 4.69) is 37.2 Å². The van der Waals surface area contributed by atoms with Gasteiger partial charge in [0.1, 0.15) is 5.82 Å². The molecule has 1 aliphatic rings. The van der Waals surface area contributed by atoms with Gasteiger partial charge in [0.15, 0.2) is 0 Å². The highest BCUT2D eigenvalue weighted by molar-refractivity contribution is 6.03.